The molecule has 0 aliphatic carbocycles. The fourth-order valence-electron chi connectivity index (χ4n) is 0.769. The van der Waals surface area contributed by atoms with Gasteiger partial charge in [-0.2, -0.15) is 0 Å². The van der Waals surface area contributed by atoms with Gasteiger partial charge in [0.05, 0.1) is 4.47 Å². The van der Waals surface area contributed by atoms with Crippen molar-refractivity contribution in [1.29, 1.82) is 0 Å². The molecule has 0 N–H and O–H groups in total. The highest BCUT2D eigenvalue weighted by Crippen LogP contribution is 2.29. The van der Waals surface area contributed by atoms with E-state index in [-0.39, 0.29) is 10.2 Å². The quantitative estimate of drug-likeness (QED) is 0.466. The summed E-state index contributed by atoms with van der Waals surface area (Å²) in [5.41, 5.74) is 0. The minimum Gasteiger partial charge on any atom is -0.419 e. The topological polar surface area (TPSA) is 26.3 Å². The predicted molar refractivity (Wildman–Crippen MR) is 49.9 cm³/mol. The number of esters is 1. The molecule has 0 aliphatic heterocycles. The second kappa shape index (κ2) is 4.32. The number of carbonyl (C=O) groups is 1. The van der Waals surface area contributed by atoms with Crippen LogP contribution in [0.3, 0.4) is 0 Å². The van der Waals surface area contributed by atoms with E-state index >= 15 is 0 Å². The van der Waals surface area contributed by atoms with Gasteiger partial charge in [-0.1, -0.05) is 6.58 Å². The number of rotatable bonds is 2. The van der Waals surface area contributed by atoms with E-state index < -0.39 is 17.6 Å². The van der Waals surface area contributed by atoms with Crippen molar-refractivity contribution >= 4 is 21.9 Å². The van der Waals surface area contributed by atoms with Crippen molar-refractivity contribution in [3.63, 3.8) is 0 Å². The van der Waals surface area contributed by atoms with Crippen LogP contribution < -0.4 is 4.74 Å². The normalized spacial score (nSPS) is 9.64. The average Bonchev–Trinajstić information content (AvgIpc) is 2.10. The fraction of sp³-hybridized carbons (Fsp3) is 0. The molecule has 0 radical (unpaired) electrons. The second-order valence-corrected chi connectivity index (χ2v) is 3.18. The summed E-state index contributed by atoms with van der Waals surface area (Å²) in [6, 6.07) is 1.62. The molecule has 0 amide bonds. The van der Waals surface area contributed by atoms with Crippen LogP contribution in [0, 0.1) is 11.6 Å². The molecule has 0 heterocycles. The maximum Gasteiger partial charge on any atom is 0.335 e. The summed E-state index contributed by atoms with van der Waals surface area (Å²) >= 11 is 2.86. The van der Waals surface area contributed by atoms with Gasteiger partial charge in [-0.3, -0.25) is 0 Å². The van der Waals surface area contributed by atoms with Gasteiger partial charge >= 0.3 is 5.97 Å². The van der Waals surface area contributed by atoms with Crippen molar-refractivity contribution < 1.29 is 18.3 Å². The summed E-state index contributed by atoms with van der Waals surface area (Å²) in [5, 5.41) is 0. The standard InChI is InChI=1S/C9H5BrF2O2/c1-2-8(13)14-9-6(10)3-5(11)4-7(9)12/h2-4H,1H2. The van der Waals surface area contributed by atoms with Gasteiger partial charge in [0.1, 0.15) is 5.82 Å². The third kappa shape index (κ3) is 2.38. The van der Waals surface area contributed by atoms with E-state index in [9.17, 15) is 13.6 Å². The third-order valence-electron chi connectivity index (χ3n) is 1.33. The lowest BCUT2D eigenvalue weighted by molar-refractivity contribution is -0.129. The molecule has 2 nitrogen and oxygen atoms in total. The van der Waals surface area contributed by atoms with Crippen LogP contribution in [-0.2, 0) is 4.79 Å². The number of halogens is 3. The van der Waals surface area contributed by atoms with E-state index in [1.165, 1.54) is 0 Å². The number of hydrogen-bond donors (Lipinski definition) is 0. The van der Waals surface area contributed by atoms with Gasteiger partial charge in [-0.15, -0.1) is 0 Å². The summed E-state index contributed by atoms with van der Waals surface area (Å²) in [6.07, 6.45) is 0.884. The van der Waals surface area contributed by atoms with E-state index in [4.69, 9.17) is 0 Å². The van der Waals surface area contributed by atoms with Gasteiger partial charge in [-0.25, -0.2) is 13.6 Å². The van der Waals surface area contributed by atoms with Gasteiger partial charge < -0.3 is 4.74 Å². The molecule has 0 saturated carbocycles. The zero-order valence-electron chi connectivity index (χ0n) is 6.89. The van der Waals surface area contributed by atoms with E-state index in [2.05, 4.69) is 27.2 Å². The van der Waals surface area contributed by atoms with Gasteiger partial charge in [0, 0.05) is 12.1 Å². The molecule has 0 aromatic heterocycles. The zero-order chi connectivity index (χ0) is 10.7. The molecule has 5 heteroatoms. The highest BCUT2D eigenvalue weighted by molar-refractivity contribution is 9.10. The van der Waals surface area contributed by atoms with Crippen molar-refractivity contribution in [2.45, 2.75) is 0 Å². The Balaban J connectivity index is 3.08. The van der Waals surface area contributed by atoms with Crippen LogP contribution >= 0.6 is 15.9 Å². The Hall–Kier alpha value is -1.23. The Morgan fingerprint density at radius 1 is 1.50 bits per heavy atom. The van der Waals surface area contributed by atoms with Crippen LogP contribution in [0.2, 0.25) is 0 Å². The highest BCUT2D eigenvalue weighted by atomic mass is 79.9. The number of ether oxygens (including phenoxy) is 1. The Labute approximate surface area is 87.3 Å². The first-order valence-corrected chi connectivity index (χ1v) is 4.32. The van der Waals surface area contributed by atoms with Gasteiger partial charge in [0.2, 0.25) is 0 Å². The SMILES string of the molecule is C=CC(=O)Oc1c(F)cc(F)cc1Br. The summed E-state index contributed by atoms with van der Waals surface area (Å²) in [4.78, 5) is 10.7. The molecule has 1 aromatic rings. The Bertz CT molecular complexity index is 367. The maximum absolute atomic E-state index is 13.0. The highest BCUT2D eigenvalue weighted by Gasteiger charge is 2.13. The minimum atomic E-state index is -0.952. The number of carbonyl (C=O) groups excluding carboxylic acids is 1. The van der Waals surface area contributed by atoms with Crippen LogP contribution in [0.1, 0.15) is 0 Å². The van der Waals surface area contributed by atoms with Crippen molar-refractivity contribution in [3.8, 4) is 5.75 Å². The van der Waals surface area contributed by atoms with Crippen LogP contribution in [0.25, 0.3) is 0 Å². The van der Waals surface area contributed by atoms with Crippen LogP contribution in [-0.4, -0.2) is 5.97 Å². The lowest BCUT2D eigenvalue weighted by Crippen LogP contribution is -2.05. The average molecular weight is 263 g/mol. The first kappa shape index (κ1) is 10.8. The molecule has 0 saturated heterocycles. The molecule has 1 aromatic carbocycles. The third-order valence-corrected chi connectivity index (χ3v) is 1.92. The largest absolute Gasteiger partial charge is 0.419 e. The molecule has 0 spiro atoms. The lowest BCUT2D eigenvalue weighted by Gasteiger charge is -2.05. The van der Waals surface area contributed by atoms with Crippen molar-refractivity contribution in [1.82, 2.24) is 0 Å². The molecular weight excluding hydrogens is 258 g/mol. The molecule has 74 valence electrons. The van der Waals surface area contributed by atoms with Gasteiger partial charge in [-0.05, 0) is 22.0 Å². The van der Waals surface area contributed by atoms with Gasteiger partial charge in [0.15, 0.2) is 11.6 Å². The van der Waals surface area contributed by atoms with Crippen molar-refractivity contribution in [3.05, 3.63) is 40.9 Å². The van der Waals surface area contributed by atoms with Crippen molar-refractivity contribution in [2.75, 3.05) is 0 Å². The van der Waals surface area contributed by atoms with E-state index in [0.29, 0.717) is 6.07 Å². The van der Waals surface area contributed by atoms with E-state index in [1.54, 1.807) is 0 Å². The first-order chi connectivity index (χ1) is 6.54. The van der Waals surface area contributed by atoms with Crippen LogP contribution in [0.15, 0.2) is 29.3 Å². The van der Waals surface area contributed by atoms with Crippen LogP contribution in [0.4, 0.5) is 8.78 Å². The van der Waals surface area contributed by atoms with E-state index in [1.807, 2.05) is 0 Å². The summed E-state index contributed by atoms with van der Waals surface area (Å²) in [6.45, 7) is 3.15. The molecule has 14 heavy (non-hydrogen) atoms. The Morgan fingerprint density at radius 2 is 2.14 bits per heavy atom. The maximum atomic E-state index is 13.0. The fourth-order valence-corrected chi connectivity index (χ4v) is 1.26. The number of benzene rings is 1. The van der Waals surface area contributed by atoms with Gasteiger partial charge in [0.25, 0.3) is 0 Å². The minimum absolute atomic E-state index is 0.0326. The first-order valence-electron chi connectivity index (χ1n) is 3.53. The van der Waals surface area contributed by atoms with Crippen LogP contribution in [0.5, 0.6) is 5.75 Å². The molecule has 1 rings (SSSR count). The Morgan fingerprint density at radius 3 is 2.64 bits per heavy atom. The smallest absolute Gasteiger partial charge is 0.335 e. The molecule has 0 unspecified atom stereocenters. The molecule has 0 fully saturated rings. The summed E-state index contributed by atoms with van der Waals surface area (Å²) in [7, 11) is 0. The monoisotopic (exact) mass is 262 g/mol. The van der Waals surface area contributed by atoms with Crippen molar-refractivity contribution in [2.24, 2.45) is 0 Å². The number of hydrogen-bond acceptors (Lipinski definition) is 2. The van der Waals surface area contributed by atoms with E-state index in [0.717, 1.165) is 12.1 Å². The lowest BCUT2D eigenvalue weighted by atomic mass is 10.3. The molecule has 0 atom stereocenters. The Kier molecular flexibility index (Phi) is 3.35. The predicted octanol–water partition coefficient (Wildman–Crippen LogP) is 2.82. The second-order valence-electron chi connectivity index (χ2n) is 2.32. The summed E-state index contributed by atoms with van der Waals surface area (Å²) < 4.78 is 30.2. The molecular formula is C9H5BrF2O2. The summed E-state index contributed by atoms with van der Waals surface area (Å²) in [5.74, 6) is -2.87. The zero-order valence-corrected chi connectivity index (χ0v) is 8.48. The molecule has 0 aliphatic rings. The molecule has 0 bridgehead atoms.